The van der Waals surface area contributed by atoms with Crippen LogP contribution in [-0.2, 0) is 11.2 Å². The number of hydrogen-bond donors (Lipinski definition) is 2. The van der Waals surface area contributed by atoms with E-state index < -0.39 is 6.04 Å². The highest BCUT2D eigenvalue weighted by Crippen LogP contribution is 2.15. The molecule has 0 aromatic heterocycles. The predicted octanol–water partition coefficient (Wildman–Crippen LogP) is 1.53. The first kappa shape index (κ1) is 10.7. The average Bonchev–Trinajstić information content (AvgIpc) is 2.18. The van der Waals surface area contributed by atoms with Crippen LogP contribution in [-0.4, -0.2) is 11.9 Å². The van der Waals surface area contributed by atoms with E-state index in [4.69, 9.17) is 5.73 Å². The van der Waals surface area contributed by atoms with Gasteiger partial charge in [0.2, 0.25) is 5.91 Å². The third-order valence-electron chi connectivity index (χ3n) is 2.07. The van der Waals surface area contributed by atoms with Crippen LogP contribution >= 0.6 is 0 Å². The molecular weight excluding hydrogens is 176 g/mol. The summed E-state index contributed by atoms with van der Waals surface area (Å²) in [5.74, 6) is -0.147. The average molecular weight is 192 g/mol. The largest absolute Gasteiger partial charge is 0.324 e. The van der Waals surface area contributed by atoms with Crippen LogP contribution in [0.2, 0.25) is 0 Å². The fourth-order valence-electron chi connectivity index (χ4n) is 1.20. The Hall–Kier alpha value is -1.35. The molecule has 0 bridgehead atoms. The SMILES string of the molecule is CCc1ccccc1NC(=O)C(C)N. The quantitative estimate of drug-likeness (QED) is 0.763. The van der Waals surface area contributed by atoms with Crippen molar-refractivity contribution in [1.82, 2.24) is 0 Å². The maximum Gasteiger partial charge on any atom is 0.241 e. The second kappa shape index (κ2) is 4.77. The van der Waals surface area contributed by atoms with Gasteiger partial charge in [0.1, 0.15) is 0 Å². The molecule has 1 rings (SSSR count). The van der Waals surface area contributed by atoms with Gasteiger partial charge in [0.05, 0.1) is 6.04 Å². The third-order valence-corrected chi connectivity index (χ3v) is 2.07. The Labute approximate surface area is 84.3 Å². The lowest BCUT2D eigenvalue weighted by molar-refractivity contribution is -0.117. The molecule has 0 aliphatic heterocycles. The van der Waals surface area contributed by atoms with Gasteiger partial charge >= 0.3 is 0 Å². The molecule has 0 saturated carbocycles. The second-order valence-corrected chi connectivity index (χ2v) is 3.29. The molecule has 1 aromatic carbocycles. The van der Waals surface area contributed by atoms with E-state index >= 15 is 0 Å². The molecule has 0 saturated heterocycles. The van der Waals surface area contributed by atoms with Crippen LogP contribution in [0.25, 0.3) is 0 Å². The first-order valence-electron chi connectivity index (χ1n) is 4.79. The summed E-state index contributed by atoms with van der Waals surface area (Å²) >= 11 is 0. The highest BCUT2D eigenvalue weighted by molar-refractivity contribution is 5.94. The van der Waals surface area contributed by atoms with Crippen molar-refractivity contribution >= 4 is 11.6 Å². The lowest BCUT2D eigenvalue weighted by Gasteiger charge is -2.11. The highest BCUT2D eigenvalue weighted by atomic mass is 16.2. The summed E-state index contributed by atoms with van der Waals surface area (Å²) in [5, 5.41) is 2.80. The van der Waals surface area contributed by atoms with Gasteiger partial charge < -0.3 is 11.1 Å². The zero-order valence-corrected chi connectivity index (χ0v) is 8.58. The standard InChI is InChI=1S/C11H16N2O/c1-3-9-6-4-5-7-10(9)13-11(14)8(2)12/h4-8H,3,12H2,1-2H3,(H,13,14). The Morgan fingerprint density at radius 1 is 1.50 bits per heavy atom. The number of carbonyl (C=O) groups excluding carboxylic acids is 1. The topological polar surface area (TPSA) is 55.1 Å². The number of rotatable bonds is 3. The smallest absolute Gasteiger partial charge is 0.241 e. The normalized spacial score (nSPS) is 12.2. The number of nitrogens with one attached hydrogen (secondary N) is 1. The summed E-state index contributed by atoms with van der Waals surface area (Å²) in [6, 6.07) is 7.27. The number of para-hydroxylation sites is 1. The number of aryl methyl sites for hydroxylation is 1. The van der Waals surface area contributed by atoms with Crippen molar-refractivity contribution in [3.8, 4) is 0 Å². The first-order valence-corrected chi connectivity index (χ1v) is 4.79. The van der Waals surface area contributed by atoms with Crippen LogP contribution < -0.4 is 11.1 Å². The van der Waals surface area contributed by atoms with Crippen LogP contribution in [0.4, 0.5) is 5.69 Å². The summed E-state index contributed by atoms with van der Waals surface area (Å²) in [7, 11) is 0. The Balaban J connectivity index is 2.80. The molecule has 0 heterocycles. The summed E-state index contributed by atoms with van der Waals surface area (Å²) in [4.78, 5) is 11.3. The number of carbonyl (C=O) groups is 1. The number of nitrogens with two attached hydrogens (primary N) is 1. The van der Waals surface area contributed by atoms with Crippen molar-refractivity contribution in [3.63, 3.8) is 0 Å². The minimum Gasteiger partial charge on any atom is -0.324 e. The predicted molar refractivity (Wildman–Crippen MR) is 58.1 cm³/mol. The van der Waals surface area contributed by atoms with Crippen molar-refractivity contribution in [3.05, 3.63) is 29.8 Å². The lowest BCUT2D eigenvalue weighted by Crippen LogP contribution is -2.32. The Kier molecular flexibility index (Phi) is 3.65. The fourth-order valence-corrected chi connectivity index (χ4v) is 1.20. The van der Waals surface area contributed by atoms with Gasteiger partial charge in [0, 0.05) is 5.69 Å². The number of anilines is 1. The van der Waals surface area contributed by atoms with Gasteiger partial charge in [-0.2, -0.15) is 0 Å². The molecule has 0 aliphatic rings. The monoisotopic (exact) mass is 192 g/mol. The molecule has 1 aromatic rings. The molecule has 3 N–H and O–H groups in total. The maximum atomic E-state index is 11.3. The van der Waals surface area contributed by atoms with Crippen molar-refractivity contribution < 1.29 is 4.79 Å². The summed E-state index contributed by atoms with van der Waals surface area (Å²) in [5.41, 5.74) is 7.45. The van der Waals surface area contributed by atoms with E-state index in [9.17, 15) is 4.79 Å². The van der Waals surface area contributed by atoms with Crippen molar-refractivity contribution in [2.24, 2.45) is 5.73 Å². The zero-order valence-electron chi connectivity index (χ0n) is 8.58. The minimum atomic E-state index is -0.472. The molecule has 0 radical (unpaired) electrons. The van der Waals surface area contributed by atoms with Gasteiger partial charge in [-0.25, -0.2) is 0 Å². The summed E-state index contributed by atoms with van der Waals surface area (Å²) < 4.78 is 0. The van der Waals surface area contributed by atoms with Crippen LogP contribution in [0.15, 0.2) is 24.3 Å². The summed E-state index contributed by atoms with van der Waals surface area (Å²) in [6.07, 6.45) is 0.898. The second-order valence-electron chi connectivity index (χ2n) is 3.29. The fraction of sp³-hybridized carbons (Fsp3) is 0.364. The Morgan fingerprint density at radius 2 is 2.14 bits per heavy atom. The molecule has 3 heteroatoms. The molecule has 0 aliphatic carbocycles. The Bertz CT molecular complexity index is 321. The molecule has 76 valence electrons. The van der Waals surface area contributed by atoms with E-state index in [1.807, 2.05) is 24.3 Å². The Morgan fingerprint density at radius 3 is 2.71 bits per heavy atom. The summed E-state index contributed by atoms with van der Waals surface area (Å²) in [6.45, 7) is 3.72. The van der Waals surface area contributed by atoms with Gasteiger partial charge in [0.25, 0.3) is 0 Å². The van der Waals surface area contributed by atoms with E-state index in [-0.39, 0.29) is 5.91 Å². The molecule has 0 fully saturated rings. The van der Waals surface area contributed by atoms with Crippen LogP contribution in [0.3, 0.4) is 0 Å². The van der Waals surface area contributed by atoms with Gasteiger partial charge in [-0.15, -0.1) is 0 Å². The molecule has 0 spiro atoms. The van der Waals surface area contributed by atoms with E-state index in [0.717, 1.165) is 17.7 Å². The van der Waals surface area contributed by atoms with E-state index in [1.165, 1.54) is 0 Å². The van der Waals surface area contributed by atoms with Crippen molar-refractivity contribution in [2.45, 2.75) is 26.3 Å². The van der Waals surface area contributed by atoms with Crippen LogP contribution in [0.5, 0.6) is 0 Å². The van der Waals surface area contributed by atoms with Gasteiger partial charge in [-0.3, -0.25) is 4.79 Å². The molecular formula is C11H16N2O. The van der Waals surface area contributed by atoms with Crippen molar-refractivity contribution in [1.29, 1.82) is 0 Å². The number of benzene rings is 1. The van der Waals surface area contributed by atoms with Crippen molar-refractivity contribution in [2.75, 3.05) is 5.32 Å². The van der Waals surface area contributed by atoms with Gasteiger partial charge in [-0.1, -0.05) is 25.1 Å². The first-order chi connectivity index (χ1) is 6.65. The van der Waals surface area contributed by atoms with Crippen LogP contribution in [0.1, 0.15) is 19.4 Å². The molecule has 1 atom stereocenters. The minimum absolute atomic E-state index is 0.147. The van der Waals surface area contributed by atoms with Gasteiger partial charge in [-0.05, 0) is 25.0 Å². The van der Waals surface area contributed by atoms with Gasteiger partial charge in [0.15, 0.2) is 0 Å². The molecule has 14 heavy (non-hydrogen) atoms. The highest BCUT2D eigenvalue weighted by Gasteiger charge is 2.08. The third kappa shape index (κ3) is 2.57. The van der Waals surface area contributed by atoms with E-state index in [1.54, 1.807) is 6.92 Å². The zero-order chi connectivity index (χ0) is 10.6. The van der Waals surface area contributed by atoms with E-state index in [2.05, 4.69) is 12.2 Å². The maximum absolute atomic E-state index is 11.3. The lowest BCUT2D eigenvalue weighted by atomic mass is 10.1. The number of amides is 1. The van der Waals surface area contributed by atoms with Crippen LogP contribution in [0, 0.1) is 0 Å². The molecule has 1 unspecified atom stereocenters. The van der Waals surface area contributed by atoms with E-state index in [0.29, 0.717) is 0 Å². The number of hydrogen-bond acceptors (Lipinski definition) is 2. The molecule has 3 nitrogen and oxygen atoms in total. The molecule has 1 amide bonds.